The van der Waals surface area contributed by atoms with Gasteiger partial charge in [0.1, 0.15) is 6.10 Å². The van der Waals surface area contributed by atoms with Gasteiger partial charge in [0.25, 0.3) is 0 Å². The highest BCUT2D eigenvalue weighted by Crippen LogP contribution is 2.37. The van der Waals surface area contributed by atoms with Crippen molar-refractivity contribution in [3.05, 3.63) is 0 Å². The van der Waals surface area contributed by atoms with Gasteiger partial charge in [-0.1, -0.05) is 54.4 Å². The van der Waals surface area contributed by atoms with Crippen LogP contribution in [0.2, 0.25) is 0 Å². The van der Waals surface area contributed by atoms with E-state index in [2.05, 4.69) is 6.92 Å². The summed E-state index contributed by atoms with van der Waals surface area (Å²) in [5.74, 6) is -1.55. The van der Waals surface area contributed by atoms with Crippen molar-refractivity contribution in [2.24, 2.45) is 17.3 Å². The Hall–Kier alpha value is -1.06. The third-order valence-corrected chi connectivity index (χ3v) is 4.46. The number of esters is 1. The number of carboxylic acid groups (broad SMARTS) is 1. The SMILES string of the molecule is CCCCC(CC)OC(=O)C(CCC(C)C)(C(=O)O)C(C)C. The van der Waals surface area contributed by atoms with Crippen LogP contribution in [0, 0.1) is 17.3 Å². The number of ether oxygens (including phenoxy) is 1. The molecule has 0 aromatic heterocycles. The molecular weight excluding hydrogens is 280 g/mol. The van der Waals surface area contributed by atoms with Crippen LogP contribution in [0.1, 0.15) is 80.1 Å². The van der Waals surface area contributed by atoms with Gasteiger partial charge >= 0.3 is 11.9 Å². The second-order valence-electron chi connectivity index (χ2n) is 6.94. The Kier molecular flexibility index (Phi) is 9.38. The van der Waals surface area contributed by atoms with Gasteiger partial charge < -0.3 is 9.84 Å². The van der Waals surface area contributed by atoms with Crippen LogP contribution in [0.4, 0.5) is 0 Å². The topological polar surface area (TPSA) is 63.6 Å². The summed E-state index contributed by atoms with van der Waals surface area (Å²) < 4.78 is 5.60. The predicted molar refractivity (Wildman–Crippen MR) is 88.7 cm³/mol. The maximum absolute atomic E-state index is 12.7. The van der Waals surface area contributed by atoms with Gasteiger partial charge in [0, 0.05) is 0 Å². The molecule has 0 saturated carbocycles. The summed E-state index contributed by atoms with van der Waals surface area (Å²) in [6, 6.07) is 0. The van der Waals surface area contributed by atoms with Crippen molar-refractivity contribution in [2.75, 3.05) is 0 Å². The largest absolute Gasteiger partial charge is 0.480 e. The van der Waals surface area contributed by atoms with Crippen LogP contribution in [-0.2, 0) is 14.3 Å². The molecule has 2 atom stereocenters. The molecule has 0 spiro atoms. The molecule has 0 fully saturated rings. The summed E-state index contributed by atoms with van der Waals surface area (Å²) in [4.78, 5) is 24.6. The van der Waals surface area contributed by atoms with Crippen LogP contribution in [0.25, 0.3) is 0 Å². The van der Waals surface area contributed by atoms with Crippen molar-refractivity contribution in [1.29, 1.82) is 0 Å². The molecular formula is C18H34O4. The summed E-state index contributed by atoms with van der Waals surface area (Å²) in [6.07, 6.45) is 4.41. The summed E-state index contributed by atoms with van der Waals surface area (Å²) in [7, 11) is 0. The van der Waals surface area contributed by atoms with Crippen molar-refractivity contribution >= 4 is 11.9 Å². The molecule has 4 nitrogen and oxygen atoms in total. The highest BCUT2D eigenvalue weighted by atomic mass is 16.5. The van der Waals surface area contributed by atoms with E-state index in [1.54, 1.807) is 13.8 Å². The molecule has 1 N–H and O–H groups in total. The minimum absolute atomic E-state index is 0.177. The molecule has 0 amide bonds. The molecule has 4 heteroatoms. The first-order valence-corrected chi connectivity index (χ1v) is 8.66. The van der Waals surface area contributed by atoms with Gasteiger partial charge in [0.15, 0.2) is 5.41 Å². The number of unbranched alkanes of at least 4 members (excludes halogenated alkanes) is 1. The fourth-order valence-corrected chi connectivity index (χ4v) is 2.62. The van der Waals surface area contributed by atoms with Crippen molar-refractivity contribution in [3.8, 4) is 0 Å². The first-order valence-electron chi connectivity index (χ1n) is 8.66. The standard InChI is InChI=1S/C18H34O4/c1-7-9-10-15(8-2)22-17(21)18(14(5)6,16(19)20)12-11-13(3)4/h13-15H,7-12H2,1-6H3,(H,19,20). The maximum Gasteiger partial charge on any atom is 0.324 e. The Morgan fingerprint density at radius 1 is 1.09 bits per heavy atom. The van der Waals surface area contributed by atoms with E-state index in [0.29, 0.717) is 18.8 Å². The minimum Gasteiger partial charge on any atom is -0.480 e. The zero-order valence-corrected chi connectivity index (χ0v) is 15.1. The van der Waals surface area contributed by atoms with Crippen LogP contribution in [-0.4, -0.2) is 23.1 Å². The second-order valence-corrected chi connectivity index (χ2v) is 6.94. The summed E-state index contributed by atoms with van der Waals surface area (Å²) in [6.45, 7) is 11.7. The average Bonchev–Trinajstić information content (AvgIpc) is 2.42. The van der Waals surface area contributed by atoms with Gasteiger partial charge in [0.2, 0.25) is 0 Å². The summed E-state index contributed by atoms with van der Waals surface area (Å²) in [5, 5.41) is 9.74. The molecule has 0 aliphatic heterocycles. The number of hydrogen-bond acceptors (Lipinski definition) is 3. The number of carbonyl (C=O) groups is 2. The Morgan fingerprint density at radius 3 is 2.05 bits per heavy atom. The lowest BCUT2D eigenvalue weighted by atomic mass is 9.72. The van der Waals surface area contributed by atoms with Crippen LogP contribution < -0.4 is 0 Å². The molecule has 0 rings (SSSR count). The lowest BCUT2D eigenvalue weighted by Crippen LogP contribution is -2.46. The fourth-order valence-electron chi connectivity index (χ4n) is 2.62. The molecule has 0 aliphatic rings. The third kappa shape index (κ3) is 5.62. The van der Waals surface area contributed by atoms with Crippen molar-refractivity contribution in [3.63, 3.8) is 0 Å². The lowest BCUT2D eigenvalue weighted by Gasteiger charge is -2.33. The average molecular weight is 314 g/mol. The fraction of sp³-hybridized carbons (Fsp3) is 0.889. The normalized spacial score (nSPS) is 15.6. The van der Waals surface area contributed by atoms with Gasteiger partial charge in [-0.2, -0.15) is 0 Å². The van der Waals surface area contributed by atoms with Gasteiger partial charge in [-0.25, -0.2) is 0 Å². The molecule has 0 bridgehead atoms. The smallest absolute Gasteiger partial charge is 0.324 e. The van der Waals surface area contributed by atoms with Crippen molar-refractivity contribution in [2.45, 2.75) is 86.2 Å². The number of carbonyl (C=O) groups excluding carboxylic acids is 1. The Bertz CT molecular complexity index is 349. The first-order chi connectivity index (χ1) is 10.2. The molecule has 0 aliphatic carbocycles. The van der Waals surface area contributed by atoms with Crippen LogP contribution in [0.15, 0.2) is 0 Å². The van der Waals surface area contributed by atoms with Crippen LogP contribution >= 0.6 is 0 Å². The number of aliphatic carboxylic acids is 1. The third-order valence-electron chi connectivity index (χ3n) is 4.46. The summed E-state index contributed by atoms with van der Waals surface area (Å²) in [5.41, 5.74) is -1.43. The van der Waals surface area contributed by atoms with E-state index in [1.165, 1.54) is 0 Å². The van der Waals surface area contributed by atoms with E-state index in [0.717, 1.165) is 25.7 Å². The lowest BCUT2D eigenvalue weighted by molar-refractivity contribution is -0.177. The Labute approximate surface area is 135 Å². The molecule has 0 saturated heterocycles. The van der Waals surface area contributed by atoms with E-state index in [-0.39, 0.29) is 12.0 Å². The Balaban J connectivity index is 5.21. The minimum atomic E-state index is -1.43. The quantitative estimate of drug-likeness (QED) is 0.445. The monoisotopic (exact) mass is 314 g/mol. The van der Waals surface area contributed by atoms with E-state index in [9.17, 15) is 14.7 Å². The number of carboxylic acids is 1. The molecule has 22 heavy (non-hydrogen) atoms. The molecule has 0 heterocycles. The molecule has 0 radical (unpaired) electrons. The second kappa shape index (κ2) is 9.86. The van der Waals surface area contributed by atoms with E-state index in [1.807, 2.05) is 20.8 Å². The van der Waals surface area contributed by atoms with Gasteiger partial charge in [-0.05, 0) is 37.5 Å². The van der Waals surface area contributed by atoms with Gasteiger partial charge in [-0.3, -0.25) is 9.59 Å². The highest BCUT2D eigenvalue weighted by molar-refractivity contribution is 5.99. The van der Waals surface area contributed by atoms with Gasteiger partial charge in [0.05, 0.1) is 0 Å². The molecule has 130 valence electrons. The van der Waals surface area contributed by atoms with Crippen LogP contribution in [0.5, 0.6) is 0 Å². The number of hydrogen-bond donors (Lipinski definition) is 1. The van der Waals surface area contributed by atoms with Gasteiger partial charge in [-0.15, -0.1) is 0 Å². The maximum atomic E-state index is 12.7. The van der Waals surface area contributed by atoms with E-state index < -0.39 is 17.4 Å². The van der Waals surface area contributed by atoms with Crippen molar-refractivity contribution in [1.82, 2.24) is 0 Å². The van der Waals surface area contributed by atoms with Crippen molar-refractivity contribution < 1.29 is 19.4 Å². The molecule has 0 aromatic rings. The highest BCUT2D eigenvalue weighted by Gasteiger charge is 2.50. The number of rotatable bonds is 11. The Morgan fingerprint density at radius 2 is 1.68 bits per heavy atom. The first kappa shape index (κ1) is 20.9. The molecule has 0 aromatic carbocycles. The summed E-state index contributed by atoms with van der Waals surface area (Å²) >= 11 is 0. The zero-order valence-electron chi connectivity index (χ0n) is 15.1. The zero-order chi connectivity index (χ0) is 17.3. The van der Waals surface area contributed by atoms with E-state index >= 15 is 0 Å². The van der Waals surface area contributed by atoms with E-state index in [4.69, 9.17) is 4.74 Å². The van der Waals surface area contributed by atoms with Crippen LogP contribution in [0.3, 0.4) is 0 Å². The predicted octanol–water partition coefficient (Wildman–Crippen LogP) is 4.66. The molecule has 2 unspecified atom stereocenters.